The second-order valence-electron chi connectivity index (χ2n) is 9.85. The Hall–Kier alpha value is -3.64. The fourth-order valence-corrected chi connectivity index (χ4v) is 6.39. The van der Waals surface area contributed by atoms with E-state index in [1.54, 1.807) is 7.11 Å². The molecule has 0 saturated carbocycles. The smallest absolute Gasteiger partial charge is 0.338 e. The Morgan fingerprint density at radius 2 is 1.53 bits per heavy atom. The number of methoxy groups -OCH3 is 3. The van der Waals surface area contributed by atoms with Crippen LogP contribution in [0.1, 0.15) is 62.1 Å². The molecule has 2 atom stereocenters. The first kappa shape index (κ1) is 26.0. The average molecular weight is 515 g/mol. The number of hydrogen-bond acceptors (Lipinski definition) is 6. The number of unbranched alkanes of at least 4 members (excludes halogenated alkanes) is 1. The van der Waals surface area contributed by atoms with Crippen molar-refractivity contribution in [1.82, 2.24) is 0 Å². The van der Waals surface area contributed by atoms with Crippen LogP contribution in [-0.2, 0) is 39.7 Å². The third kappa shape index (κ3) is 3.57. The highest BCUT2D eigenvalue weighted by Crippen LogP contribution is 2.67. The van der Waals surface area contributed by atoms with Crippen molar-refractivity contribution in [3.63, 3.8) is 0 Å². The predicted molar refractivity (Wildman–Crippen MR) is 143 cm³/mol. The number of rotatable bonds is 9. The second-order valence-corrected chi connectivity index (χ2v) is 9.85. The molecule has 1 aliphatic carbocycles. The lowest BCUT2D eigenvalue weighted by molar-refractivity contribution is -0.139. The molecule has 0 N–H and O–H groups in total. The largest absolute Gasteiger partial charge is 0.496 e. The van der Waals surface area contributed by atoms with Crippen molar-refractivity contribution in [2.75, 3.05) is 21.3 Å². The molecule has 3 aliphatic rings. The quantitative estimate of drug-likeness (QED) is 0.301. The number of ether oxygens (including phenoxy) is 4. The lowest BCUT2D eigenvalue weighted by Crippen LogP contribution is -2.36. The highest BCUT2D eigenvalue weighted by Gasteiger charge is 2.70. The van der Waals surface area contributed by atoms with Gasteiger partial charge in [-0.05, 0) is 54.4 Å². The van der Waals surface area contributed by atoms with Gasteiger partial charge in [-0.2, -0.15) is 0 Å². The van der Waals surface area contributed by atoms with E-state index >= 15 is 0 Å². The summed E-state index contributed by atoms with van der Waals surface area (Å²) in [6.45, 7) is 2.12. The van der Waals surface area contributed by atoms with Crippen molar-refractivity contribution in [3.8, 4) is 0 Å². The van der Waals surface area contributed by atoms with Crippen molar-refractivity contribution >= 4 is 11.9 Å². The summed E-state index contributed by atoms with van der Waals surface area (Å²) in [6, 6.07) is 17.4. The van der Waals surface area contributed by atoms with Gasteiger partial charge in [0.05, 0.1) is 32.5 Å². The molecule has 0 saturated heterocycles. The number of carbonyl (C=O) groups is 2. The zero-order valence-corrected chi connectivity index (χ0v) is 22.5. The van der Waals surface area contributed by atoms with Gasteiger partial charge in [-0.1, -0.05) is 74.0 Å². The van der Waals surface area contributed by atoms with Gasteiger partial charge >= 0.3 is 11.9 Å². The van der Waals surface area contributed by atoms with Gasteiger partial charge in [0.2, 0.25) is 0 Å². The normalized spacial score (nSPS) is 24.1. The maximum Gasteiger partial charge on any atom is 0.338 e. The van der Waals surface area contributed by atoms with E-state index in [1.807, 2.05) is 54.6 Å². The summed E-state index contributed by atoms with van der Waals surface area (Å²) in [5.74, 6) is -0.524. The van der Waals surface area contributed by atoms with Crippen LogP contribution in [0, 0.1) is 0 Å². The summed E-state index contributed by atoms with van der Waals surface area (Å²) in [5, 5.41) is 0. The lowest BCUT2D eigenvalue weighted by atomic mass is 9.67. The molecule has 0 fully saturated rings. The molecule has 2 aliphatic heterocycles. The molecule has 38 heavy (non-hydrogen) atoms. The number of hydrogen-bond donors (Lipinski definition) is 0. The second kappa shape index (κ2) is 10.3. The Kier molecular flexibility index (Phi) is 7.01. The van der Waals surface area contributed by atoms with E-state index in [4.69, 9.17) is 18.9 Å². The van der Waals surface area contributed by atoms with Gasteiger partial charge in [0.25, 0.3) is 0 Å². The van der Waals surface area contributed by atoms with Crippen LogP contribution in [0.5, 0.6) is 0 Å². The van der Waals surface area contributed by atoms with Crippen molar-refractivity contribution in [3.05, 3.63) is 105 Å². The average Bonchev–Trinajstić information content (AvgIpc) is 3.68. The van der Waals surface area contributed by atoms with Crippen molar-refractivity contribution in [2.24, 2.45) is 0 Å². The molecule has 6 heteroatoms. The Balaban J connectivity index is 1.96. The first-order chi connectivity index (χ1) is 18.5. The van der Waals surface area contributed by atoms with Crippen LogP contribution in [0.2, 0.25) is 0 Å². The summed E-state index contributed by atoms with van der Waals surface area (Å²) < 4.78 is 24.1. The highest BCUT2D eigenvalue weighted by atomic mass is 16.6. The third-order valence-corrected chi connectivity index (χ3v) is 7.92. The fraction of sp³-hybridized carbons (Fsp3) is 0.375. The van der Waals surface area contributed by atoms with Crippen LogP contribution in [0.3, 0.4) is 0 Å². The van der Waals surface area contributed by atoms with Gasteiger partial charge in [-0.15, -0.1) is 0 Å². The number of esters is 2. The van der Waals surface area contributed by atoms with Crippen molar-refractivity contribution in [1.29, 1.82) is 0 Å². The maximum atomic E-state index is 13.8. The van der Waals surface area contributed by atoms with E-state index in [1.165, 1.54) is 14.2 Å². The summed E-state index contributed by atoms with van der Waals surface area (Å²) in [7, 11) is 4.32. The summed E-state index contributed by atoms with van der Waals surface area (Å²) >= 11 is 0. The van der Waals surface area contributed by atoms with Crippen LogP contribution in [0.15, 0.2) is 88.7 Å². The molecular weight excluding hydrogens is 480 g/mol. The van der Waals surface area contributed by atoms with Gasteiger partial charge in [0, 0.05) is 5.57 Å². The van der Waals surface area contributed by atoms with E-state index in [-0.39, 0.29) is 11.1 Å². The molecule has 2 aromatic carbocycles. The SMILES string of the molecule is CCCC/C(=C(/OC)C1=CCCC1)C12OC(c3ccccc3)(C(C(=O)OC)=C1C(=O)OC)c1ccccc12. The minimum Gasteiger partial charge on any atom is -0.496 e. The van der Waals surface area contributed by atoms with Gasteiger partial charge < -0.3 is 18.9 Å². The molecular formula is C32H34O6. The van der Waals surface area contributed by atoms with E-state index in [0.717, 1.165) is 65.7 Å². The standard InChI is InChI=1S/C32H34O6/c1-5-6-18-25(28(35-2)21-14-10-11-15-21)32-24-20-13-12-19-23(24)31(38-32,22-16-8-7-9-17-22)26(29(33)36-3)27(32)30(34)37-4/h7-9,12-14,16-17,19-20H,5-6,10-11,15,18H2,1-4H3/b28-25-. The van der Waals surface area contributed by atoms with Gasteiger partial charge in [-0.25, -0.2) is 9.59 Å². The monoisotopic (exact) mass is 514 g/mol. The molecule has 2 unspecified atom stereocenters. The predicted octanol–water partition coefficient (Wildman–Crippen LogP) is 6.01. The van der Waals surface area contributed by atoms with Gasteiger partial charge in [-0.3, -0.25) is 0 Å². The van der Waals surface area contributed by atoms with Crippen molar-refractivity contribution in [2.45, 2.75) is 56.7 Å². The Labute approximate surface area is 223 Å². The number of allylic oxidation sites excluding steroid dienone is 2. The number of benzene rings is 2. The van der Waals surface area contributed by atoms with Crippen molar-refractivity contribution < 1.29 is 28.5 Å². The van der Waals surface area contributed by atoms with Crippen LogP contribution >= 0.6 is 0 Å². The molecule has 5 rings (SSSR count). The van der Waals surface area contributed by atoms with Gasteiger partial charge in [0.1, 0.15) is 5.76 Å². The summed E-state index contributed by atoms with van der Waals surface area (Å²) in [4.78, 5) is 27.5. The topological polar surface area (TPSA) is 71.1 Å². The third-order valence-electron chi connectivity index (χ3n) is 7.92. The molecule has 6 nitrogen and oxygen atoms in total. The fourth-order valence-electron chi connectivity index (χ4n) is 6.39. The van der Waals surface area contributed by atoms with E-state index in [9.17, 15) is 9.59 Å². The Morgan fingerprint density at radius 1 is 0.868 bits per heavy atom. The van der Waals surface area contributed by atoms with Crippen LogP contribution in [-0.4, -0.2) is 33.3 Å². The maximum absolute atomic E-state index is 13.8. The molecule has 0 spiro atoms. The molecule has 2 bridgehead atoms. The summed E-state index contributed by atoms with van der Waals surface area (Å²) in [6.07, 6.45) is 7.48. The zero-order chi connectivity index (χ0) is 26.9. The zero-order valence-electron chi connectivity index (χ0n) is 22.5. The molecule has 0 amide bonds. The van der Waals surface area contributed by atoms with E-state index in [0.29, 0.717) is 6.42 Å². The summed E-state index contributed by atoms with van der Waals surface area (Å²) in [5.41, 5.74) is 1.88. The van der Waals surface area contributed by atoms with E-state index < -0.39 is 23.1 Å². The highest BCUT2D eigenvalue weighted by molar-refractivity contribution is 6.07. The number of fused-ring (bicyclic) bond motifs is 5. The van der Waals surface area contributed by atoms with Crippen LogP contribution < -0.4 is 0 Å². The first-order valence-electron chi connectivity index (χ1n) is 13.3. The first-order valence-corrected chi connectivity index (χ1v) is 13.3. The molecule has 0 aromatic heterocycles. The molecule has 198 valence electrons. The van der Waals surface area contributed by atoms with Crippen LogP contribution in [0.4, 0.5) is 0 Å². The lowest BCUT2D eigenvalue weighted by Gasteiger charge is -2.34. The molecule has 2 heterocycles. The molecule has 2 aromatic rings. The minimum absolute atomic E-state index is 0.154. The number of carbonyl (C=O) groups excluding carboxylic acids is 2. The Morgan fingerprint density at radius 3 is 2.13 bits per heavy atom. The van der Waals surface area contributed by atoms with Crippen LogP contribution in [0.25, 0.3) is 0 Å². The molecule has 0 radical (unpaired) electrons. The van der Waals surface area contributed by atoms with E-state index in [2.05, 4.69) is 13.0 Å². The van der Waals surface area contributed by atoms with Gasteiger partial charge in [0.15, 0.2) is 11.2 Å². The minimum atomic E-state index is -1.38. The Bertz CT molecular complexity index is 1350.